The van der Waals surface area contributed by atoms with E-state index in [9.17, 15) is 14.9 Å². The van der Waals surface area contributed by atoms with Crippen molar-refractivity contribution in [2.75, 3.05) is 13.6 Å². The van der Waals surface area contributed by atoms with Crippen molar-refractivity contribution < 1.29 is 19.9 Å². The number of amides is 1. The Kier molecular flexibility index (Phi) is 11.1. The molecular weight excluding hydrogens is 314 g/mol. The molecule has 0 spiro atoms. The number of nitriles is 1. The van der Waals surface area contributed by atoms with Crippen molar-refractivity contribution >= 4 is 11.6 Å². The lowest BCUT2D eigenvalue weighted by Gasteiger charge is -2.11. The molecule has 24 heavy (non-hydrogen) atoms. The van der Waals surface area contributed by atoms with Crippen molar-refractivity contribution in [3.05, 3.63) is 40.0 Å². The first kappa shape index (κ1) is 23.2. The number of aromatic hydroxyl groups is 2. The van der Waals surface area contributed by atoms with E-state index in [2.05, 4.69) is 6.58 Å². The highest BCUT2D eigenvalue weighted by molar-refractivity contribution is 5.96. The van der Waals surface area contributed by atoms with Crippen molar-refractivity contribution in [2.45, 2.75) is 27.7 Å². The first-order valence-electron chi connectivity index (χ1n) is 7.17. The Bertz CT molecular complexity index is 635. The fraction of sp³-hybridized carbons (Fsp3) is 0.375. The molecule has 1 aromatic carbocycles. The summed E-state index contributed by atoms with van der Waals surface area (Å²) >= 11 is 0. The Hall–Kier alpha value is -3.08. The van der Waals surface area contributed by atoms with Crippen LogP contribution in [0.5, 0.6) is 11.5 Å². The van der Waals surface area contributed by atoms with Crippen LogP contribution in [0.1, 0.15) is 26.3 Å². The molecule has 0 aliphatic carbocycles. The second-order valence-electron chi connectivity index (χ2n) is 4.32. The average Bonchev–Trinajstić information content (AvgIpc) is 2.57. The Morgan fingerprint density at radius 3 is 2.29 bits per heavy atom. The van der Waals surface area contributed by atoms with E-state index in [4.69, 9.17) is 15.5 Å². The van der Waals surface area contributed by atoms with E-state index < -0.39 is 22.1 Å². The highest BCUT2D eigenvalue weighted by atomic mass is 16.6. The van der Waals surface area contributed by atoms with Gasteiger partial charge in [0, 0.05) is 19.7 Å². The van der Waals surface area contributed by atoms with Crippen LogP contribution < -0.4 is 0 Å². The maximum Gasteiger partial charge on any atom is 0.314 e. The maximum atomic E-state index is 10.9. The molecule has 132 valence electrons. The third kappa shape index (κ3) is 7.26. The number of hydrogen-bond acceptors (Lipinski definition) is 6. The zero-order valence-electron chi connectivity index (χ0n) is 14.5. The van der Waals surface area contributed by atoms with Crippen molar-refractivity contribution in [3.8, 4) is 17.6 Å². The fourth-order valence-corrected chi connectivity index (χ4v) is 1.30. The quantitative estimate of drug-likeness (QED) is 0.287. The molecule has 0 atom stereocenters. The Morgan fingerprint density at radius 2 is 1.92 bits per heavy atom. The number of benzene rings is 1. The Balaban J connectivity index is 0. The van der Waals surface area contributed by atoms with Crippen LogP contribution in [0.15, 0.2) is 24.3 Å². The minimum atomic E-state index is -0.748. The Labute approximate surface area is 141 Å². The summed E-state index contributed by atoms with van der Waals surface area (Å²) in [6.45, 7) is 11.3. The highest BCUT2D eigenvalue weighted by Crippen LogP contribution is 2.35. The molecular formula is C16H23N3O5. The summed E-state index contributed by atoms with van der Waals surface area (Å²) < 4.78 is 0. The fourth-order valence-electron chi connectivity index (χ4n) is 1.30. The van der Waals surface area contributed by atoms with Gasteiger partial charge in [-0.3, -0.25) is 14.9 Å². The zero-order valence-corrected chi connectivity index (χ0v) is 14.5. The molecule has 1 amide bonds. The first-order valence-corrected chi connectivity index (χ1v) is 7.17. The lowest BCUT2D eigenvalue weighted by Crippen LogP contribution is -2.26. The van der Waals surface area contributed by atoms with Gasteiger partial charge in [-0.15, -0.1) is 0 Å². The van der Waals surface area contributed by atoms with Crippen LogP contribution in [-0.2, 0) is 4.79 Å². The van der Waals surface area contributed by atoms with Crippen LogP contribution in [0, 0.1) is 28.4 Å². The second-order valence-corrected chi connectivity index (χ2v) is 4.32. The van der Waals surface area contributed by atoms with E-state index in [0.29, 0.717) is 12.1 Å². The summed E-state index contributed by atoms with van der Waals surface area (Å²) in [5.74, 6) is -1.46. The number of nitro benzene ring substituents is 1. The number of phenols is 2. The summed E-state index contributed by atoms with van der Waals surface area (Å²) in [5.41, 5.74) is 0.0360. The highest BCUT2D eigenvalue weighted by Gasteiger charge is 2.17. The van der Waals surface area contributed by atoms with Crippen LogP contribution in [0.3, 0.4) is 0 Å². The van der Waals surface area contributed by atoms with E-state index in [1.165, 1.54) is 17.0 Å². The van der Waals surface area contributed by atoms with Crippen molar-refractivity contribution in [3.63, 3.8) is 0 Å². The number of nitro groups is 1. The summed E-state index contributed by atoms with van der Waals surface area (Å²) in [6, 6.07) is 4.14. The van der Waals surface area contributed by atoms with E-state index >= 15 is 0 Å². The van der Waals surface area contributed by atoms with Crippen LogP contribution in [0.25, 0.3) is 0 Å². The van der Waals surface area contributed by atoms with Gasteiger partial charge in [-0.05, 0) is 25.5 Å². The number of phenolic OH excluding ortho intramolecular Hbond substituents is 2. The molecule has 0 heterocycles. The van der Waals surface area contributed by atoms with E-state index in [-0.39, 0.29) is 11.5 Å². The smallest absolute Gasteiger partial charge is 0.314 e. The van der Waals surface area contributed by atoms with Gasteiger partial charge in [0.15, 0.2) is 5.75 Å². The van der Waals surface area contributed by atoms with Gasteiger partial charge in [0.05, 0.1) is 4.92 Å². The normalized spacial score (nSPS) is 8.50. The molecule has 1 rings (SSSR count). The van der Waals surface area contributed by atoms with Gasteiger partial charge in [0.25, 0.3) is 5.91 Å². The molecule has 1 aromatic rings. The van der Waals surface area contributed by atoms with Crippen LogP contribution in [0.2, 0.25) is 0 Å². The molecule has 0 bridgehead atoms. The Morgan fingerprint density at radius 1 is 1.42 bits per heavy atom. The molecule has 0 saturated carbocycles. The van der Waals surface area contributed by atoms with Gasteiger partial charge < -0.3 is 15.1 Å². The molecule has 0 aliphatic rings. The third-order valence-electron chi connectivity index (χ3n) is 2.62. The van der Waals surface area contributed by atoms with Gasteiger partial charge in [0.2, 0.25) is 5.75 Å². The van der Waals surface area contributed by atoms with Gasteiger partial charge in [0.1, 0.15) is 11.6 Å². The van der Waals surface area contributed by atoms with E-state index in [1.807, 2.05) is 20.8 Å². The topological polar surface area (TPSA) is 128 Å². The summed E-state index contributed by atoms with van der Waals surface area (Å²) in [7, 11) is 1.63. The van der Waals surface area contributed by atoms with Crippen molar-refractivity contribution in [1.82, 2.24) is 4.90 Å². The lowest BCUT2D eigenvalue weighted by atomic mass is 10.2. The molecule has 0 aliphatic heterocycles. The van der Waals surface area contributed by atoms with Gasteiger partial charge in [-0.2, -0.15) is 5.26 Å². The zero-order chi connectivity index (χ0) is 19.4. The summed E-state index contributed by atoms with van der Waals surface area (Å²) in [5, 5.41) is 36.5. The maximum absolute atomic E-state index is 10.9. The van der Waals surface area contributed by atoms with E-state index in [0.717, 1.165) is 0 Å². The molecule has 0 aromatic heterocycles. The second kappa shape index (κ2) is 11.5. The molecule has 8 heteroatoms. The number of carbonyl (C=O) groups is 1. The predicted molar refractivity (Wildman–Crippen MR) is 90.6 cm³/mol. The molecule has 8 nitrogen and oxygen atoms in total. The first-order chi connectivity index (χ1) is 11.1. The predicted octanol–water partition coefficient (Wildman–Crippen LogP) is 2.89. The lowest BCUT2D eigenvalue weighted by molar-refractivity contribution is -0.386. The van der Waals surface area contributed by atoms with Crippen LogP contribution in [-0.4, -0.2) is 39.5 Å². The number of carbonyl (C=O) groups excluding carboxylic acids is 1. The molecule has 0 radical (unpaired) electrons. The largest absolute Gasteiger partial charge is 0.504 e. The van der Waals surface area contributed by atoms with Gasteiger partial charge >= 0.3 is 5.69 Å². The third-order valence-corrected chi connectivity index (χ3v) is 2.62. The molecule has 0 fully saturated rings. The van der Waals surface area contributed by atoms with Crippen LogP contribution >= 0.6 is 0 Å². The summed E-state index contributed by atoms with van der Waals surface area (Å²) in [4.78, 5) is 21.9. The van der Waals surface area contributed by atoms with Gasteiger partial charge in [-0.25, -0.2) is 0 Å². The number of nitrogens with zero attached hydrogens (tertiary/aromatic N) is 3. The summed E-state index contributed by atoms with van der Waals surface area (Å²) in [6.07, 6.45) is 0. The number of aryl methyl sites for hydroxylation is 1. The average molecular weight is 337 g/mol. The minimum absolute atomic E-state index is 0.00986. The molecule has 2 N–H and O–H groups in total. The SMILES string of the molecule is C=C(C#N)C(=O)N(C)CC.CC.Cc1cc(O)c(O)c([N+](=O)[O-])c1. The minimum Gasteiger partial charge on any atom is -0.504 e. The monoisotopic (exact) mass is 337 g/mol. The van der Waals surface area contributed by atoms with Crippen LogP contribution in [0.4, 0.5) is 5.69 Å². The number of likely N-dealkylation sites (N-methyl/N-ethyl adjacent to an activating group) is 1. The number of rotatable bonds is 3. The standard InChI is InChI=1S/C7H10N2O.C7H7NO4.C2H6/c1-4-9(3)7(10)6(2)5-8;1-4-2-5(8(11)12)7(10)6(9)3-4;1-2/h2,4H2,1,3H3;2-3,9-10H,1H3;1-2H3. The van der Waals surface area contributed by atoms with Crippen molar-refractivity contribution in [2.24, 2.45) is 0 Å². The molecule has 0 saturated heterocycles. The number of hydrogen-bond donors (Lipinski definition) is 2. The van der Waals surface area contributed by atoms with E-state index in [1.54, 1.807) is 20.0 Å². The van der Waals surface area contributed by atoms with Crippen molar-refractivity contribution in [1.29, 1.82) is 5.26 Å². The van der Waals surface area contributed by atoms with Gasteiger partial charge in [-0.1, -0.05) is 20.4 Å². The molecule has 0 unspecified atom stereocenters.